The molecule has 0 saturated carbocycles. The highest BCUT2D eigenvalue weighted by molar-refractivity contribution is 7.15. The third kappa shape index (κ3) is 3.62. The van der Waals surface area contributed by atoms with E-state index in [0.29, 0.717) is 21.1 Å². The van der Waals surface area contributed by atoms with Gasteiger partial charge in [-0.15, -0.1) is 0 Å². The number of thiazole rings is 1. The Bertz CT molecular complexity index is 857. The molecular formula is C17H15N3O5S. The number of esters is 1. The van der Waals surface area contributed by atoms with Gasteiger partial charge >= 0.3 is 5.97 Å². The van der Waals surface area contributed by atoms with Crippen molar-refractivity contribution in [2.45, 2.75) is 19.4 Å². The number of imide groups is 1. The Morgan fingerprint density at radius 3 is 2.42 bits per heavy atom. The molecule has 2 heterocycles. The summed E-state index contributed by atoms with van der Waals surface area (Å²) in [6, 6.07) is 6.66. The molecule has 2 aromatic rings. The minimum Gasteiger partial charge on any atom is -0.469 e. The minimum atomic E-state index is -0.467. The van der Waals surface area contributed by atoms with Crippen LogP contribution in [-0.2, 0) is 20.9 Å². The van der Waals surface area contributed by atoms with Gasteiger partial charge in [-0.2, -0.15) is 0 Å². The van der Waals surface area contributed by atoms with Crippen molar-refractivity contribution in [2.24, 2.45) is 0 Å². The highest BCUT2D eigenvalue weighted by Gasteiger charge is 2.35. The molecule has 0 aliphatic carbocycles. The molecule has 0 bridgehead atoms. The Morgan fingerprint density at radius 2 is 1.81 bits per heavy atom. The van der Waals surface area contributed by atoms with Gasteiger partial charge in [0.1, 0.15) is 0 Å². The van der Waals surface area contributed by atoms with E-state index in [1.165, 1.54) is 24.6 Å². The van der Waals surface area contributed by atoms with Crippen molar-refractivity contribution in [1.82, 2.24) is 9.88 Å². The summed E-state index contributed by atoms with van der Waals surface area (Å²) in [5.41, 5.74) is 0.775. The first kappa shape index (κ1) is 17.7. The fourth-order valence-corrected chi connectivity index (χ4v) is 3.29. The average Bonchev–Trinajstić information content (AvgIpc) is 3.18. The quantitative estimate of drug-likeness (QED) is 0.612. The van der Waals surface area contributed by atoms with Crippen LogP contribution in [0.4, 0.5) is 5.13 Å². The molecule has 26 heavy (non-hydrogen) atoms. The summed E-state index contributed by atoms with van der Waals surface area (Å²) in [5.74, 6) is -1.52. The van der Waals surface area contributed by atoms with E-state index < -0.39 is 5.97 Å². The molecule has 1 N–H and O–H groups in total. The molecule has 0 saturated heterocycles. The third-order valence-electron chi connectivity index (χ3n) is 3.78. The Balaban J connectivity index is 1.61. The molecule has 134 valence electrons. The maximum Gasteiger partial charge on any atom is 0.306 e. The lowest BCUT2D eigenvalue weighted by molar-refractivity contribution is -0.141. The van der Waals surface area contributed by atoms with Crippen molar-refractivity contribution in [3.63, 3.8) is 0 Å². The molecule has 1 aromatic heterocycles. The van der Waals surface area contributed by atoms with Crippen LogP contribution < -0.4 is 5.32 Å². The lowest BCUT2D eigenvalue weighted by Crippen LogP contribution is -2.28. The number of benzene rings is 1. The van der Waals surface area contributed by atoms with Crippen molar-refractivity contribution >= 4 is 40.2 Å². The Labute approximate surface area is 152 Å². The van der Waals surface area contributed by atoms with Gasteiger partial charge in [-0.3, -0.25) is 24.1 Å². The highest BCUT2D eigenvalue weighted by atomic mass is 32.1. The van der Waals surface area contributed by atoms with Gasteiger partial charge in [-0.1, -0.05) is 23.5 Å². The molecular weight excluding hydrogens is 358 g/mol. The summed E-state index contributed by atoms with van der Waals surface area (Å²) in [5, 5.41) is 2.92. The van der Waals surface area contributed by atoms with Crippen LogP contribution in [0.5, 0.6) is 0 Å². The molecule has 0 fully saturated rings. The van der Waals surface area contributed by atoms with Crippen LogP contribution in [0, 0.1) is 0 Å². The average molecular weight is 373 g/mol. The molecule has 3 amide bonds. The van der Waals surface area contributed by atoms with Crippen molar-refractivity contribution in [1.29, 1.82) is 0 Å². The number of nitrogens with zero attached hydrogens (tertiary/aromatic N) is 2. The number of ether oxygens (including phenoxy) is 1. The second kappa shape index (κ2) is 7.44. The van der Waals surface area contributed by atoms with E-state index in [9.17, 15) is 19.2 Å². The van der Waals surface area contributed by atoms with E-state index in [0.717, 1.165) is 4.90 Å². The predicted molar refractivity (Wildman–Crippen MR) is 92.6 cm³/mol. The predicted octanol–water partition coefficient (Wildman–Crippen LogP) is 1.83. The van der Waals surface area contributed by atoms with Gasteiger partial charge in [-0.05, 0) is 12.1 Å². The number of hydrogen-bond acceptors (Lipinski definition) is 7. The van der Waals surface area contributed by atoms with Crippen molar-refractivity contribution in [3.05, 3.63) is 46.5 Å². The Hall–Kier alpha value is -3.07. The fourth-order valence-electron chi connectivity index (χ4n) is 2.48. The highest BCUT2D eigenvalue weighted by Crippen LogP contribution is 2.27. The van der Waals surface area contributed by atoms with Gasteiger partial charge in [0.05, 0.1) is 31.2 Å². The smallest absolute Gasteiger partial charge is 0.306 e. The normalized spacial score (nSPS) is 12.9. The minimum absolute atomic E-state index is 0.0139. The maximum absolute atomic E-state index is 12.3. The first-order valence-electron chi connectivity index (χ1n) is 7.76. The van der Waals surface area contributed by atoms with E-state index in [1.54, 1.807) is 24.3 Å². The number of methoxy groups -OCH3 is 1. The zero-order valence-electron chi connectivity index (χ0n) is 13.9. The third-order valence-corrected chi connectivity index (χ3v) is 4.67. The summed E-state index contributed by atoms with van der Waals surface area (Å²) >= 11 is 1.17. The van der Waals surface area contributed by atoms with Crippen LogP contribution in [0.2, 0.25) is 0 Å². The van der Waals surface area contributed by atoms with E-state index >= 15 is 0 Å². The van der Waals surface area contributed by atoms with Crippen LogP contribution >= 0.6 is 11.3 Å². The number of carbonyl (C=O) groups is 4. The standard InChI is InChI=1S/C17H15N3O5S/c1-25-14(22)7-6-13(21)19-17-18-8-10(26-17)9-20-15(23)11-4-2-3-5-12(11)16(20)24/h2-5,8H,6-7,9H2,1H3,(H,18,19,21). The van der Waals surface area contributed by atoms with Gasteiger partial charge < -0.3 is 10.1 Å². The summed E-state index contributed by atoms with van der Waals surface area (Å²) in [4.78, 5) is 53.4. The second-order valence-electron chi connectivity index (χ2n) is 5.50. The number of anilines is 1. The molecule has 0 atom stereocenters. The number of rotatable bonds is 6. The number of hydrogen-bond donors (Lipinski definition) is 1. The number of aromatic nitrogens is 1. The molecule has 1 aliphatic rings. The molecule has 9 heteroatoms. The SMILES string of the molecule is COC(=O)CCC(=O)Nc1ncc(CN2C(=O)c3ccccc3C2=O)s1. The van der Waals surface area contributed by atoms with Crippen molar-refractivity contribution in [2.75, 3.05) is 12.4 Å². The van der Waals surface area contributed by atoms with Crippen LogP contribution in [0.1, 0.15) is 38.4 Å². The van der Waals surface area contributed by atoms with Crippen molar-refractivity contribution in [3.8, 4) is 0 Å². The van der Waals surface area contributed by atoms with E-state index in [-0.39, 0.29) is 37.1 Å². The van der Waals surface area contributed by atoms with Gasteiger partial charge in [0.15, 0.2) is 5.13 Å². The lowest BCUT2D eigenvalue weighted by Gasteiger charge is -2.11. The monoisotopic (exact) mass is 373 g/mol. The molecule has 1 aliphatic heterocycles. The number of carbonyl (C=O) groups excluding carboxylic acids is 4. The number of fused-ring (bicyclic) bond motifs is 1. The number of nitrogens with one attached hydrogen (secondary N) is 1. The van der Waals surface area contributed by atoms with E-state index in [1.807, 2.05) is 0 Å². The largest absolute Gasteiger partial charge is 0.469 e. The zero-order chi connectivity index (χ0) is 18.7. The molecule has 0 radical (unpaired) electrons. The van der Waals surface area contributed by atoms with Crippen LogP contribution in [0.15, 0.2) is 30.5 Å². The number of amides is 3. The van der Waals surface area contributed by atoms with E-state index in [4.69, 9.17) is 0 Å². The first-order valence-corrected chi connectivity index (χ1v) is 8.58. The van der Waals surface area contributed by atoms with Gasteiger partial charge in [0.2, 0.25) is 5.91 Å². The summed E-state index contributed by atoms with van der Waals surface area (Å²) in [7, 11) is 1.26. The fraction of sp³-hybridized carbons (Fsp3) is 0.235. The van der Waals surface area contributed by atoms with Gasteiger partial charge in [0.25, 0.3) is 11.8 Å². The summed E-state index contributed by atoms with van der Waals surface area (Å²) in [6.07, 6.45) is 1.47. The van der Waals surface area contributed by atoms with Gasteiger partial charge in [0, 0.05) is 17.5 Å². The molecule has 8 nitrogen and oxygen atoms in total. The Morgan fingerprint density at radius 1 is 1.15 bits per heavy atom. The Kier molecular flexibility index (Phi) is 5.08. The van der Waals surface area contributed by atoms with Crippen LogP contribution in [-0.4, -0.2) is 40.7 Å². The molecule has 0 unspecified atom stereocenters. The molecule has 1 aromatic carbocycles. The lowest BCUT2D eigenvalue weighted by atomic mass is 10.1. The van der Waals surface area contributed by atoms with E-state index in [2.05, 4.69) is 15.0 Å². The summed E-state index contributed by atoms with van der Waals surface area (Å²) in [6.45, 7) is 0.0854. The zero-order valence-corrected chi connectivity index (χ0v) is 14.7. The molecule has 0 spiro atoms. The first-order chi connectivity index (χ1) is 12.5. The second-order valence-corrected chi connectivity index (χ2v) is 6.61. The molecule has 3 rings (SSSR count). The van der Waals surface area contributed by atoms with Crippen LogP contribution in [0.25, 0.3) is 0 Å². The summed E-state index contributed by atoms with van der Waals surface area (Å²) < 4.78 is 4.47. The van der Waals surface area contributed by atoms with Crippen LogP contribution in [0.3, 0.4) is 0 Å². The van der Waals surface area contributed by atoms with Gasteiger partial charge in [-0.25, -0.2) is 4.98 Å². The maximum atomic E-state index is 12.3. The topological polar surface area (TPSA) is 106 Å². The van der Waals surface area contributed by atoms with Crippen molar-refractivity contribution < 1.29 is 23.9 Å².